The normalized spacial score (nSPS) is 16.2. The fourth-order valence-electron chi connectivity index (χ4n) is 2.81. The molecule has 0 aliphatic heterocycles. The van der Waals surface area contributed by atoms with E-state index in [9.17, 15) is 14.7 Å². The zero-order valence-electron chi connectivity index (χ0n) is 14.1. The molecule has 6 nitrogen and oxygen atoms in total. The summed E-state index contributed by atoms with van der Waals surface area (Å²) in [6.45, 7) is 2.45. The third-order valence-corrected chi connectivity index (χ3v) is 4.22. The van der Waals surface area contributed by atoms with Crippen LogP contribution in [0.3, 0.4) is 0 Å². The lowest BCUT2D eigenvalue weighted by Gasteiger charge is -2.21. The summed E-state index contributed by atoms with van der Waals surface area (Å²) in [5, 5.41) is 14.8. The highest BCUT2D eigenvalue weighted by molar-refractivity contribution is 5.81. The van der Waals surface area contributed by atoms with Gasteiger partial charge in [0.25, 0.3) is 5.91 Å². The second-order valence-corrected chi connectivity index (χ2v) is 6.17. The highest BCUT2D eigenvalue weighted by atomic mass is 16.5. The predicted octanol–water partition coefficient (Wildman–Crippen LogP) is 1.97. The molecule has 1 aromatic carbocycles. The van der Waals surface area contributed by atoms with Gasteiger partial charge in [-0.15, -0.1) is 0 Å². The van der Waals surface area contributed by atoms with Crippen LogP contribution in [0, 0.1) is 5.92 Å². The smallest absolute Gasteiger partial charge is 0.260 e. The van der Waals surface area contributed by atoms with E-state index in [1.165, 1.54) is 18.6 Å². The van der Waals surface area contributed by atoms with E-state index in [4.69, 9.17) is 4.74 Å². The van der Waals surface area contributed by atoms with Crippen molar-refractivity contribution >= 4 is 11.8 Å². The second kappa shape index (κ2) is 9.15. The molecule has 2 amide bonds. The third kappa shape index (κ3) is 5.76. The van der Waals surface area contributed by atoms with Crippen LogP contribution in [0.25, 0.3) is 0 Å². The Hall–Kier alpha value is -2.24. The van der Waals surface area contributed by atoms with Gasteiger partial charge in [-0.1, -0.05) is 19.3 Å². The molecule has 0 heterocycles. The number of amides is 2. The van der Waals surface area contributed by atoms with Crippen LogP contribution < -0.4 is 15.4 Å². The molecule has 2 rings (SSSR count). The lowest BCUT2D eigenvalue weighted by atomic mass is 9.89. The number of ether oxygens (including phenoxy) is 1. The number of nitrogens with one attached hydrogen (secondary N) is 2. The monoisotopic (exact) mass is 334 g/mol. The Labute approximate surface area is 142 Å². The van der Waals surface area contributed by atoms with Crippen LogP contribution in [0.1, 0.15) is 39.0 Å². The lowest BCUT2D eigenvalue weighted by Crippen LogP contribution is -2.42. The average molecular weight is 334 g/mol. The van der Waals surface area contributed by atoms with Crippen LogP contribution in [-0.4, -0.2) is 36.1 Å². The Bertz CT molecular complexity index is 538. The predicted molar refractivity (Wildman–Crippen MR) is 90.8 cm³/mol. The third-order valence-electron chi connectivity index (χ3n) is 4.22. The van der Waals surface area contributed by atoms with Gasteiger partial charge in [-0.2, -0.15) is 0 Å². The van der Waals surface area contributed by atoms with E-state index in [-0.39, 0.29) is 23.5 Å². The van der Waals surface area contributed by atoms with E-state index in [2.05, 4.69) is 10.6 Å². The van der Waals surface area contributed by atoms with Crippen molar-refractivity contribution in [2.24, 2.45) is 5.92 Å². The summed E-state index contributed by atoms with van der Waals surface area (Å²) >= 11 is 0. The largest absolute Gasteiger partial charge is 0.508 e. The van der Waals surface area contributed by atoms with Crippen LogP contribution in [-0.2, 0) is 9.59 Å². The number of carbonyl (C=O) groups excluding carboxylic acids is 2. The summed E-state index contributed by atoms with van der Waals surface area (Å²) in [4.78, 5) is 23.9. The Kier molecular flexibility index (Phi) is 6.90. The molecule has 0 aromatic heterocycles. The van der Waals surface area contributed by atoms with Gasteiger partial charge in [0.1, 0.15) is 11.5 Å². The molecular formula is C18H26N2O4. The summed E-state index contributed by atoms with van der Waals surface area (Å²) in [7, 11) is 0. The molecule has 132 valence electrons. The second-order valence-electron chi connectivity index (χ2n) is 6.17. The molecule has 0 radical (unpaired) electrons. The number of phenolic OH excluding ortho intramolecular Hbond substituents is 1. The maximum atomic E-state index is 12.0. The minimum absolute atomic E-state index is 0.0948. The molecule has 1 aromatic rings. The Morgan fingerprint density at radius 3 is 2.42 bits per heavy atom. The summed E-state index contributed by atoms with van der Waals surface area (Å²) in [6, 6.07) is 6.20. The highest BCUT2D eigenvalue weighted by Gasteiger charge is 2.20. The highest BCUT2D eigenvalue weighted by Crippen LogP contribution is 2.23. The molecule has 1 aliphatic rings. The number of benzene rings is 1. The van der Waals surface area contributed by atoms with E-state index in [1.54, 1.807) is 19.1 Å². The Balaban J connectivity index is 1.63. The Morgan fingerprint density at radius 1 is 1.12 bits per heavy atom. The van der Waals surface area contributed by atoms with E-state index in [0.717, 1.165) is 25.7 Å². The topological polar surface area (TPSA) is 87.7 Å². The summed E-state index contributed by atoms with van der Waals surface area (Å²) in [5.41, 5.74) is 0. The van der Waals surface area contributed by atoms with Crippen molar-refractivity contribution in [2.75, 3.05) is 13.1 Å². The Morgan fingerprint density at radius 2 is 1.75 bits per heavy atom. The van der Waals surface area contributed by atoms with Crippen LogP contribution >= 0.6 is 0 Å². The SMILES string of the molecule is CC(Oc1ccc(O)cc1)C(=O)NCCNC(=O)C1CCCCC1. The molecule has 24 heavy (non-hydrogen) atoms. The van der Waals surface area contributed by atoms with Gasteiger partial charge in [0.2, 0.25) is 5.91 Å². The van der Waals surface area contributed by atoms with Gasteiger partial charge >= 0.3 is 0 Å². The van der Waals surface area contributed by atoms with Gasteiger partial charge in [-0.3, -0.25) is 9.59 Å². The van der Waals surface area contributed by atoms with Gasteiger partial charge < -0.3 is 20.5 Å². The lowest BCUT2D eigenvalue weighted by molar-refractivity contribution is -0.128. The molecule has 3 N–H and O–H groups in total. The van der Waals surface area contributed by atoms with Crippen LogP contribution in [0.15, 0.2) is 24.3 Å². The average Bonchev–Trinajstić information content (AvgIpc) is 2.61. The van der Waals surface area contributed by atoms with Gasteiger partial charge in [0.05, 0.1) is 0 Å². The number of hydrogen-bond acceptors (Lipinski definition) is 4. The van der Waals surface area contributed by atoms with E-state index < -0.39 is 6.10 Å². The van der Waals surface area contributed by atoms with Gasteiger partial charge in [-0.25, -0.2) is 0 Å². The number of aromatic hydroxyl groups is 1. The molecule has 0 bridgehead atoms. The van der Waals surface area contributed by atoms with Gasteiger partial charge in [0, 0.05) is 19.0 Å². The van der Waals surface area contributed by atoms with E-state index in [0.29, 0.717) is 18.8 Å². The van der Waals surface area contributed by atoms with Crippen LogP contribution in [0.4, 0.5) is 0 Å². The first-order valence-electron chi connectivity index (χ1n) is 8.57. The molecule has 6 heteroatoms. The molecule has 1 atom stereocenters. The molecule has 1 saturated carbocycles. The summed E-state index contributed by atoms with van der Waals surface area (Å²) in [6.07, 6.45) is 4.76. The van der Waals surface area contributed by atoms with Crippen molar-refractivity contribution in [3.63, 3.8) is 0 Å². The first-order chi connectivity index (χ1) is 11.6. The summed E-state index contributed by atoms with van der Waals surface area (Å²) < 4.78 is 5.49. The van der Waals surface area contributed by atoms with Crippen molar-refractivity contribution < 1.29 is 19.4 Å². The minimum atomic E-state index is -0.649. The maximum absolute atomic E-state index is 12.0. The molecule has 1 aliphatic carbocycles. The minimum Gasteiger partial charge on any atom is -0.508 e. The molecule has 0 saturated heterocycles. The van der Waals surface area contributed by atoms with E-state index in [1.807, 2.05) is 0 Å². The van der Waals surface area contributed by atoms with Crippen molar-refractivity contribution in [3.8, 4) is 11.5 Å². The van der Waals surface area contributed by atoms with Crippen molar-refractivity contribution in [1.82, 2.24) is 10.6 Å². The molecule has 0 spiro atoms. The number of carbonyl (C=O) groups is 2. The number of hydrogen-bond donors (Lipinski definition) is 3. The van der Waals surface area contributed by atoms with Gasteiger partial charge in [-0.05, 0) is 44.0 Å². The van der Waals surface area contributed by atoms with Crippen molar-refractivity contribution in [3.05, 3.63) is 24.3 Å². The van der Waals surface area contributed by atoms with Crippen LogP contribution in [0.2, 0.25) is 0 Å². The quantitative estimate of drug-likeness (QED) is 0.665. The number of rotatable bonds is 7. The van der Waals surface area contributed by atoms with Gasteiger partial charge in [0.15, 0.2) is 6.10 Å². The zero-order valence-corrected chi connectivity index (χ0v) is 14.1. The molecule has 1 fully saturated rings. The standard InChI is InChI=1S/C18H26N2O4/c1-13(24-16-9-7-15(21)8-10-16)17(22)19-11-12-20-18(23)14-5-3-2-4-6-14/h7-10,13-14,21H,2-6,11-12H2,1H3,(H,19,22)(H,20,23). The fraction of sp³-hybridized carbons (Fsp3) is 0.556. The van der Waals surface area contributed by atoms with Crippen LogP contribution in [0.5, 0.6) is 11.5 Å². The summed E-state index contributed by atoms with van der Waals surface area (Å²) in [5.74, 6) is 0.646. The zero-order chi connectivity index (χ0) is 17.4. The van der Waals surface area contributed by atoms with E-state index >= 15 is 0 Å². The number of phenols is 1. The fourth-order valence-corrected chi connectivity index (χ4v) is 2.81. The molecular weight excluding hydrogens is 308 g/mol. The first-order valence-corrected chi connectivity index (χ1v) is 8.57. The van der Waals surface area contributed by atoms with Crippen molar-refractivity contribution in [2.45, 2.75) is 45.1 Å². The molecule has 1 unspecified atom stereocenters. The van der Waals surface area contributed by atoms with Crippen molar-refractivity contribution in [1.29, 1.82) is 0 Å². The first kappa shape index (κ1) is 18.1. The maximum Gasteiger partial charge on any atom is 0.260 e.